The van der Waals surface area contributed by atoms with Gasteiger partial charge in [-0.25, -0.2) is 8.42 Å². The summed E-state index contributed by atoms with van der Waals surface area (Å²) >= 11 is 3.28. The molecule has 2 rings (SSSR count). The number of benzene rings is 1. The molecule has 0 spiro atoms. The van der Waals surface area contributed by atoms with Gasteiger partial charge in [0.1, 0.15) is 0 Å². The number of likely N-dealkylation sites (N-methyl/N-ethyl adjacent to an activating group) is 1. The van der Waals surface area contributed by atoms with E-state index in [2.05, 4.69) is 15.9 Å². The molecule has 1 aromatic carbocycles. The molecule has 3 N–H and O–H groups in total. The van der Waals surface area contributed by atoms with Crippen LogP contribution in [0.3, 0.4) is 0 Å². The Hall–Kier alpha value is -0.630. The first-order valence-electron chi connectivity index (χ1n) is 6.90. The third-order valence-corrected chi connectivity index (χ3v) is 6.49. The van der Waals surface area contributed by atoms with E-state index < -0.39 is 15.6 Å². The lowest BCUT2D eigenvalue weighted by atomic mass is 10.0. The standard InChI is InChI=1S/C14H21BrN2O3S/c1-10-12(16)7-11(15)8-13(10)21(19,20)17(2)9-14(18)5-3-4-6-14/h7-8,18H,3-6,9,16H2,1-2H3. The highest BCUT2D eigenvalue weighted by atomic mass is 79.9. The molecule has 1 aliphatic rings. The van der Waals surface area contributed by atoms with E-state index in [1.807, 2.05) is 0 Å². The lowest BCUT2D eigenvalue weighted by molar-refractivity contribution is 0.0333. The van der Waals surface area contributed by atoms with Gasteiger partial charge >= 0.3 is 0 Å². The van der Waals surface area contributed by atoms with E-state index in [1.165, 1.54) is 11.4 Å². The molecule has 0 saturated heterocycles. The van der Waals surface area contributed by atoms with Gasteiger partial charge in [0, 0.05) is 23.8 Å². The molecule has 1 fully saturated rings. The summed E-state index contributed by atoms with van der Waals surface area (Å²) in [6.45, 7) is 1.80. The zero-order chi connectivity index (χ0) is 15.8. The molecule has 1 aromatic rings. The van der Waals surface area contributed by atoms with Crippen molar-refractivity contribution in [3.8, 4) is 0 Å². The number of nitrogens with zero attached hydrogens (tertiary/aromatic N) is 1. The van der Waals surface area contributed by atoms with Gasteiger partial charge in [0.25, 0.3) is 0 Å². The zero-order valence-corrected chi connectivity index (χ0v) is 14.7. The van der Waals surface area contributed by atoms with Crippen LogP contribution in [0.25, 0.3) is 0 Å². The number of nitrogen functional groups attached to an aromatic ring is 1. The van der Waals surface area contributed by atoms with Crippen molar-refractivity contribution in [1.82, 2.24) is 4.31 Å². The van der Waals surface area contributed by atoms with Gasteiger partial charge in [-0.3, -0.25) is 0 Å². The lowest BCUT2D eigenvalue weighted by Gasteiger charge is -2.28. The Labute approximate surface area is 134 Å². The van der Waals surface area contributed by atoms with Gasteiger partial charge in [0.05, 0.1) is 10.5 Å². The molecule has 0 atom stereocenters. The van der Waals surface area contributed by atoms with Gasteiger partial charge in [0.2, 0.25) is 10.0 Å². The van der Waals surface area contributed by atoms with Crippen molar-refractivity contribution in [1.29, 1.82) is 0 Å². The summed E-state index contributed by atoms with van der Waals surface area (Å²) in [4.78, 5) is 0.179. The number of hydrogen-bond donors (Lipinski definition) is 2. The Balaban J connectivity index is 2.33. The fourth-order valence-electron chi connectivity index (χ4n) is 2.80. The largest absolute Gasteiger partial charge is 0.398 e. The first kappa shape index (κ1) is 16.7. The van der Waals surface area contributed by atoms with Crippen LogP contribution in [0, 0.1) is 6.92 Å². The average molecular weight is 377 g/mol. The maximum absolute atomic E-state index is 12.7. The number of hydrogen-bond acceptors (Lipinski definition) is 4. The molecule has 1 aliphatic carbocycles. The van der Waals surface area contributed by atoms with Gasteiger partial charge in [0.15, 0.2) is 0 Å². The molecule has 0 radical (unpaired) electrons. The molecule has 118 valence electrons. The van der Waals surface area contributed by atoms with Crippen LogP contribution in [0.4, 0.5) is 5.69 Å². The smallest absolute Gasteiger partial charge is 0.243 e. The van der Waals surface area contributed by atoms with Gasteiger partial charge < -0.3 is 10.8 Å². The average Bonchev–Trinajstić information content (AvgIpc) is 2.80. The highest BCUT2D eigenvalue weighted by Crippen LogP contribution is 2.33. The number of aliphatic hydroxyl groups is 1. The lowest BCUT2D eigenvalue weighted by Crippen LogP contribution is -2.42. The van der Waals surface area contributed by atoms with E-state index >= 15 is 0 Å². The molecular formula is C14H21BrN2O3S. The molecule has 0 unspecified atom stereocenters. The summed E-state index contributed by atoms with van der Waals surface area (Å²) in [5.74, 6) is 0. The fourth-order valence-corrected chi connectivity index (χ4v) is 4.95. The molecule has 0 bridgehead atoms. The predicted molar refractivity (Wildman–Crippen MR) is 86.5 cm³/mol. The summed E-state index contributed by atoms with van der Waals surface area (Å²) in [5.41, 5.74) is 5.89. The monoisotopic (exact) mass is 376 g/mol. The molecule has 5 nitrogen and oxygen atoms in total. The molecule has 0 aromatic heterocycles. The topological polar surface area (TPSA) is 83.6 Å². The molecule has 21 heavy (non-hydrogen) atoms. The molecule has 0 aliphatic heterocycles. The van der Waals surface area contributed by atoms with Crippen molar-refractivity contribution in [2.75, 3.05) is 19.3 Å². The molecule has 7 heteroatoms. The van der Waals surface area contributed by atoms with Gasteiger partial charge in [-0.2, -0.15) is 4.31 Å². The Morgan fingerprint density at radius 3 is 2.52 bits per heavy atom. The maximum Gasteiger partial charge on any atom is 0.243 e. The minimum atomic E-state index is -3.68. The third-order valence-electron chi connectivity index (χ3n) is 4.10. The van der Waals surface area contributed by atoms with E-state index in [9.17, 15) is 13.5 Å². The number of halogens is 1. The minimum Gasteiger partial charge on any atom is -0.398 e. The van der Waals surface area contributed by atoms with Gasteiger partial charge in [-0.15, -0.1) is 0 Å². The molecule has 0 amide bonds. The summed E-state index contributed by atoms with van der Waals surface area (Å²) in [6.07, 6.45) is 3.17. The van der Waals surface area contributed by atoms with Crippen LogP contribution >= 0.6 is 15.9 Å². The van der Waals surface area contributed by atoms with Crippen LogP contribution < -0.4 is 5.73 Å². The second-order valence-corrected chi connectivity index (χ2v) is 8.74. The van der Waals surface area contributed by atoms with Gasteiger partial charge in [-0.1, -0.05) is 28.8 Å². The first-order valence-corrected chi connectivity index (χ1v) is 9.13. The second-order valence-electron chi connectivity index (χ2n) is 5.81. The van der Waals surface area contributed by atoms with Crippen LogP contribution in [-0.2, 0) is 10.0 Å². The Kier molecular flexibility index (Phi) is 4.68. The zero-order valence-electron chi connectivity index (χ0n) is 12.3. The first-order chi connectivity index (χ1) is 9.66. The van der Waals surface area contributed by atoms with Gasteiger partial charge in [-0.05, 0) is 37.5 Å². The maximum atomic E-state index is 12.7. The van der Waals surface area contributed by atoms with Crippen LogP contribution in [0.1, 0.15) is 31.2 Å². The molecule has 1 saturated carbocycles. The van der Waals surface area contributed by atoms with E-state index in [0.29, 0.717) is 28.6 Å². The highest BCUT2D eigenvalue weighted by molar-refractivity contribution is 9.10. The quantitative estimate of drug-likeness (QED) is 0.789. The van der Waals surface area contributed by atoms with E-state index in [-0.39, 0.29) is 11.4 Å². The summed E-state index contributed by atoms with van der Waals surface area (Å²) < 4.78 is 27.3. The molecular weight excluding hydrogens is 356 g/mol. The normalized spacial score (nSPS) is 18.3. The Morgan fingerprint density at radius 2 is 1.95 bits per heavy atom. The van der Waals surface area contributed by atoms with Crippen LogP contribution in [0.5, 0.6) is 0 Å². The number of anilines is 1. The summed E-state index contributed by atoms with van der Waals surface area (Å²) in [5, 5.41) is 10.4. The highest BCUT2D eigenvalue weighted by Gasteiger charge is 2.36. The summed E-state index contributed by atoms with van der Waals surface area (Å²) in [7, 11) is -2.17. The fraction of sp³-hybridized carbons (Fsp3) is 0.571. The molecule has 0 heterocycles. The minimum absolute atomic E-state index is 0.112. The van der Waals surface area contributed by atoms with Crippen molar-refractivity contribution in [3.63, 3.8) is 0 Å². The van der Waals surface area contributed by atoms with Crippen molar-refractivity contribution in [2.24, 2.45) is 0 Å². The predicted octanol–water partition coefficient (Wildman–Crippen LogP) is 2.27. The SMILES string of the molecule is Cc1c(N)cc(Br)cc1S(=O)(=O)N(C)CC1(O)CCCC1. The van der Waals surface area contributed by atoms with E-state index in [4.69, 9.17) is 5.73 Å². The van der Waals surface area contributed by atoms with E-state index in [0.717, 1.165) is 12.8 Å². The van der Waals surface area contributed by atoms with Crippen LogP contribution in [-0.4, -0.2) is 37.0 Å². The van der Waals surface area contributed by atoms with Crippen LogP contribution in [0.15, 0.2) is 21.5 Å². The Bertz CT molecular complexity index is 640. The summed E-state index contributed by atoms with van der Waals surface area (Å²) in [6, 6.07) is 3.23. The number of nitrogens with two attached hydrogens (primary N) is 1. The number of sulfonamides is 1. The third kappa shape index (κ3) is 3.41. The van der Waals surface area contributed by atoms with Crippen molar-refractivity contribution >= 4 is 31.6 Å². The van der Waals surface area contributed by atoms with Crippen molar-refractivity contribution in [3.05, 3.63) is 22.2 Å². The second kappa shape index (κ2) is 5.87. The van der Waals surface area contributed by atoms with Crippen LogP contribution in [0.2, 0.25) is 0 Å². The Morgan fingerprint density at radius 1 is 1.38 bits per heavy atom. The van der Waals surface area contributed by atoms with E-state index in [1.54, 1.807) is 19.1 Å². The van der Waals surface area contributed by atoms with Crippen molar-refractivity contribution in [2.45, 2.75) is 43.1 Å². The van der Waals surface area contributed by atoms with Crippen molar-refractivity contribution < 1.29 is 13.5 Å². The number of rotatable bonds is 4.